The van der Waals surface area contributed by atoms with Crippen LogP contribution in [0.25, 0.3) is 121 Å². The first kappa shape index (κ1) is 36.7. The summed E-state index contributed by atoms with van der Waals surface area (Å²) in [6.45, 7) is 0. The van der Waals surface area contributed by atoms with Gasteiger partial charge in [-0.1, -0.05) is 206 Å². The highest BCUT2D eigenvalue weighted by atomic mass is 32.1. The average molecular weight is 821 g/mol. The Hall–Kier alpha value is -8.12. The number of fused-ring (bicyclic) bond motifs is 7. The summed E-state index contributed by atoms with van der Waals surface area (Å²) in [5, 5.41) is 6.11. The van der Waals surface area contributed by atoms with Crippen molar-refractivity contribution >= 4 is 53.2 Å². The first-order valence-electron chi connectivity index (χ1n) is 21.1. The molecule has 0 saturated carbocycles. The van der Waals surface area contributed by atoms with Gasteiger partial charge < -0.3 is 0 Å². The minimum Gasteiger partial charge on any atom is -0.247 e. The lowest BCUT2D eigenvalue weighted by Crippen LogP contribution is -2.00. The molecule has 0 unspecified atom stereocenters. The molecule has 0 amide bonds. The third kappa shape index (κ3) is 6.63. The molecule has 0 saturated heterocycles. The van der Waals surface area contributed by atoms with Gasteiger partial charge in [0.2, 0.25) is 0 Å². The van der Waals surface area contributed by atoms with E-state index < -0.39 is 0 Å². The fourth-order valence-corrected chi connectivity index (χ4v) is 10.1. The van der Waals surface area contributed by atoms with Crippen molar-refractivity contribution in [3.63, 3.8) is 0 Å². The summed E-state index contributed by atoms with van der Waals surface area (Å²) in [4.78, 5) is 20.5. The summed E-state index contributed by atoms with van der Waals surface area (Å²) in [5.74, 6) is 1.89. The van der Waals surface area contributed by atoms with E-state index >= 15 is 0 Å². The highest BCUT2D eigenvalue weighted by Crippen LogP contribution is 2.46. The Morgan fingerprint density at radius 2 is 0.714 bits per heavy atom. The second-order valence-electron chi connectivity index (χ2n) is 15.8. The van der Waals surface area contributed by atoms with Crippen molar-refractivity contribution in [1.82, 2.24) is 19.9 Å². The predicted octanol–water partition coefficient (Wildman–Crippen LogP) is 15.6. The second-order valence-corrected chi connectivity index (χ2v) is 16.8. The van der Waals surface area contributed by atoms with Gasteiger partial charge in [-0.25, -0.2) is 19.9 Å². The lowest BCUT2D eigenvalue weighted by atomic mass is 9.95. The Labute approximate surface area is 368 Å². The predicted molar refractivity (Wildman–Crippen MR) is 264 cm³/mol. The summed E-state index contributed by atoms with van der Waals surface area (Å²) in [6.07, 6.45) is 0. The van der Waals surface area contributed by atoms with Crippen LogP contribution in [0.2, 0.25) is 0 Å². The van der Waals surface area contributed by atoms with E-state index in [0.29, 0.717) is 17.5 Å². The number of para-hydroxylation sites is 1. The molecule has 0 spiro atoms. The molecule has 12 rings (SSSR count). The van der Waals surface area contributed by atoms with Crippen LogP contribution < -0.4 is 0 Å². The van der Waals surface area contributed by atoms with Crippen LogP contribution in [0.3, 0.4) is 0 Å². The number of nitrogens with zero attached hydrogens (tertiary/aromatic N) is 4. The first-order valence-corrected chi connectivity index (χ1v) is 21.9. The first-order chi connectivity index (χ1) is 31.2. The Morgan fingerprint density at radius 1 is 0.270 bits per heavy atom. The molecule has 3 heterocycles. The molecule has 0 aliphatic rings. The van der Waals surface area contributed by atoms with Gasteiger partial charge >= 0.3 is 0 Å². The number of thiophene rings is 1. The molecule has 3 aromatic heterocycles. The lowest BCUT2D eigenvalue weighted by Gasteiger charge is -2.12. The zero-order valence-electron chi connectivity index (χ0n) is 34.0. The van der Waals surface area contributed by atoms with Gasteiger partial charge in [-0.15, -0.1) is 11.3 Å². The van der Waals surface area contributed by atoms with Crippen molar-refractivity contribution in [2.75, 3.05) is 0 Å². The molecule has 0 atom stereocenters. The molecule has 5 heteroatoms. The topological polar surface area (TPSA) is 51.6 Å². The standard InChI is InChI=1S/C58H36N4S/c1-4-13-37(14-5-1)39-23-29-43(30-24-39)56-60-57(44-31-25-40(26-32-44)38-15-6-2-7-16-38)62-58(61-56)45-33-27-41(28-34-45)46-20-12-22-51-52(46)49-36-35-48-53(55(49)63-51)47-19-10-11-21-50(47)59-54(48)42-17-8-3-9-18-42/h1-36H. The molecule has 0 fully saturated rings. The van der Waals surface area contributed by atoms with E-state index in [1.54, 1.807) is 0 Å². The van der Waals surface area contributed by atoms with E-state index in [1.807, 2.05) is 23.5 Å². The zero-order valence-corrected chi connectivity index (χ0v) is 34.8. The molecule has 0 N–H and O–H groups in total. The molecule has 9 aromatic carbocycles. The number of pyridine rings is 1. The van der Waals surface area contributed by atoms with Gasteiger partial charge in [0.1, 0.15) is 0 Å². The van der Waals surface area contributed by atoms with Gasteiger partial charge in [0.25, 0.3) is 0 Å². The van der Waals surface area contributed by atoms with E-state index in [2.05, 4.69) is 206 Å². The lowest BCUT2D eigenvalue weighted by molar-refractivity contribution is 1.07. The summed E-state index contributed by atoms with van der Waals surface area (Å²) in [7, 11) is 0. The maximum Gasteiger partial charge on any atom is 0.164 e. The molecular formula is C58H36N4S. The van der Waals surface area contributed by atoms with Gasteiger partial charge in [0.15, 0.2) is 17.5 Å². The summed E-state index contributed by atoms with van der Waals surface area (Å²) < 4.78 is 2.53. The molecule has 63 heavy (non-hydrogen) atoms. The van der Waals surface area contributed by atoms with Gasteiger partial charge in [-0.2, -0.15) is 0 Å². The zero-order chi connectivity index (χ0) is 41.7. The Kier molecular flexibility index (Phi) is 8.98. The minimum atomic E-state index is 0.626. The maximum absolute atomic E-state index is 5.20. The van der Waals surface area contributed by atoms with Crippen LogP contribution in [0.15, 0.2) is 218 Å². The number of rotatable bonds is 7. The fraction of sp³-hybridized carbons (Fsp3) is 0. The second kappa shape index (κ2) is 15.4. The number of hydrogen-bond acceptors (Lipinski definition) is 5. The number of aromatic nitrogens is 4. The van der Waals surface area contributed by atoms with Crippen molar-refractivity contribution in [3.05, 3.63) is 218 Å². The summed E-state index contributed by atoms with van der Waals surface area (Å²) in [5.41, 5.74) is 12.9. The van der Waals surface area contributed by atoms with Gasteiger partial charge in [-0.05, 0) is 45.5 Å². The smallest absolute Gasteiger partial charge is 0.164 e. The summed E-state index contributed by atoms with van der Waals surface area (Å²) >= 11 is 1.86. The Balaban J connectivity index is 0.961. The fourth-order valence-electron chi connectivity index (χ4n) is 8.82. The maximum atomic E-state index is 5.20. The van der Waals surface area contributed by atoms with Crippen LogP contribution in [0.5, 0.6) is 0 Å². The van der Waals surface area contributed by atoms with E-state index in [0.717, 1.165) is 50.2 Å². The number of benzene rings is 9. The third-order valence-electron chi connectivity index (χ3n) is 12.0. The molecule has 0 radical (unpaired) electrons. The summed E-state index contributed by atoms with van der Waals surface area (Å²) in [6, 6.07) is 76.8. The average Bonchev–Trinajstić information content (AvgIpc) is 3.76. The van der Waals surface area contributed by atoms with Crippen molar-refractivity contribution in [1.29, 1.82) is 0 Å². The largest absolute Gasteiger partial charge is 0.247 e. The Morgan fingerprint density at radius 3 is 1.27 bits per heavy atom. The van der Waals surface area contributed by atoms with Crippen LogP contribution >= 0.6 is 11.3 Å². The molecule has 294 valence electrons. The van der Waals surface area contributed by atoms with Gasteiger partial charge in [0, 0.05) is 58.6 Å². The van der Waals surface area contributed by atoms with Crippen LogP contribution in [0.4, 0.5) is 0 Å². The van der Waals surface area contributed by atoms with Crippen LogP contribution in [0, 0.1) is 0 Å². The van der Waals surface area contributed by atoms with Crippen molar-refractivity contribution in [2.45, 2.75) is 0 Å². The molecular weight excluding hydrogens is 785 g/mol. The SMILES string of the molecule is c1ccc(-c2ccc(-c3nc(-c4ccc(-c5ccccc5)cc4)nc(-c4ccc(-c5cccc6sc7c(ccc8c(-c9ccccc9)nc9ccccc9c87)c56)cc4)n3)cc2)cc1. The quantitative estimate of drug-likeness (QED) is 0.150. The molecule has 12 aromatic rings. The normalized spacial score (nSPS) is 11.5. The van der Waals surface area contributed by atoms with Crippen LogP contribution in [-0.4, -0.2) is 19.9 Å². The van der Waals surface area contributed by atoms with E-state index in [-0.39, 0.29) is 0 Å². The van der Waals surface area contributed by atoms with Crippen LogP contribution in [0.1, 0.15) is 0 Å². The molecule has 0 bridgehead atoms. The van der Waals surface area contributed by atoms with Crippen molar-refractivity contribution in [2.24, 2.45) is 0 Å². The Bertz CT molecular complexity index is 3520. The van der Waals surface area contributed by atoms with Crippen molar-refractivity contribution < 1.29 is 0 Å². The van der Waals surface area contributed by atoms with Gasteiger partial charge in [-0.3, -0.25) is 0 Å². The van der Waals surface area contributed by atoms with E-state index in [4.69, 9.17) is 19.9 Å². The molecule has 4 nitrogen and oxygen atoms in total. The van der Waals surface area contributed by atoms with E-state index in [1.165, 1.54) is 53.0 Å². The van der Waals surface area contributed by atoms with Crippen LogP contribution in [-0.2, 0) is 0 Å². The third-order valence-corrected chi connectivity index (χ3v) is 13.2. The van der Waals surface area contributed by atoms with Crippen molar-refractivity contribution in [3.8, 4) is 78.8 Å². The monoisotopic (exact) mass is 820 g/mol. The van der Waals surface area contributed by atoms with Gasteiger partial charge in [0.05, 0.1) is 11.2 Å². The van der Waals surface area contributed by atoms with E-state index in [9.17, 15) is 0 Å². The number of hydrogen-bond donors (Lipinski definition) is 0. The molecule has 0 aliphatic heterocycles. The minimum absolute atomic E-state index is 0.626. The molecule has 0 aliphatic carbocycles. The highest BCUT2D eigenvalue weighted by molar-refractivity contribution is 7.27. The highest BCUT2D eigenvalue weighted by Gasteiger charge is 2.19.